The molecule has 2 bridgehead atoms. The smallest absolute Gasteiger partial charge is 0.243 e. The highest BCUT2D eigenvalue weighted by atomic mass is 16.2. The summed E-state index contributed by atoms with van der Waals surface area (Å²) in [6, 6.07) is 5.33. The van der Waals surface area contributed by atoms with Gasteiger partial charge in [-0.1, -0.05) is 42.5 Å². The van der Waals surface area contributed by atoms with Crippen LogP contribution in [0.25, 0.3) is 0 Å². The predicted molar refractivity (Wildman–Crippen MR) is 197 cm³/mol. The summed E-state index contributed by atoms with van der Waals surface area (Å²) in [5.41, 5.74) is 6.38. The minimum Gasteiger partial charge on any atom is -0.388 e. The first kappa shape index (κ1) is 40.0. The van der Waals surface area contributed by atoms with E-state index in [2.05, 4.69) is 26.3 Å². The van der Waals surface area contributed by atoms with Gasteiger partial charge in [0.2, 0.25) is 35.4 Å². The Morgan fingerprint density at radius 3 is 2.09 bits per heavy atom. The van der Waals surface area contributed by atoms with Gasteiger partial charge in [0.25, 0.3) is 0 Å². The van der Waals surface area contributed by atoms with Crippen LogP contribution in [-0.2, 0) is 44.8 Å². The number of nitrogens with two attached hydrogens (primary N) is 1. The molecule has 1 aromatic rings. The molecule has 2 heterocycles. The molecule has 15 heteroatoms. The number of carbonyl (C=O) groups is 8. The van der Waals surface area contributed by atoms with Crippen molar-refractivity contribution in [3.8, 4) is 0 Å². The maximum absolute atomic E-state index is 14.1. The summed E-state index contributed by atoms with van der Waals surface area (Å²) in [6.07, 6.45) is 5.90. The summed E-state index contributed by atoms with van der Waals surface area (Å²) in [4.78, 5) is 112. The second-order valence-electron chi connectivity index (χ2n) is 14.9. The average Bonchev–Trinajstić information content (AvgIpc) is 3.82. The van der Waals surface area contributed by atoms with E-state index in [1.807, 2.05) is 12.2 Å². The van der Waals surface area contributed by atoms with Crippen LogP contribution in [-0.4, -0.2) is 95.5 Å². The van der Waals surface area contributed by atoms with E-state index in [1.165, 1.54) is 11.8 Å². The van der Waals surface area contributed by atoms with Crippen LogP contribution >= 0.6 is 0 Å². The number of benzene rings is 1. The maximum atomic E-state index is 14.1. The molecule has 1 aromatic carbocycles. The molecular formula is C39H51N7O8. The molecule has 8 atom stereocenters. The van der Waals surface area contributed by atoms with E-state index in [1.54, 1.807) is 37.3 Å². The van der Waals surface area contributed by atoms with Gasteiger partial charge in [0.1, 0.15) is 17.9 Å². The van der Waals surface area contributed by atoms with Crippen LogP contribution in [0, 0.1) is 29.6 Å². The molecule has 290 valence electrons. The highest BCUT2D eigenvalue weighted by Gasteiger charge is 2.59. The van der Waals surface area contributed by atoms with E-state index in [9.17, 15) is 38.4 Å². The van der Waals surface area contributed by atoms with Gasteiger partial charge in [-0.05, 0) is 69.8 Å². The Labute approximate surface area is 314 Å². The Morgan fingerprint density at radius 2 is 1.44 bits per heavy atom. The van der Waals surface area contributed by atoms with Crippen molar-refractivity contribution < 1.29 is 38.4 Å². The van der Waals surface area contributed by atoms with Crippen LogP contribution in [0.2, 0.25) is 0 Å². The van der Waals surface area contributed by atoms with E-state index in [0.29, 0.717) is 37.2 Å². The first-order valence-electron chi connectivity index (χ1n) is 18.9. The fraction of sp³-hybridized carbons (Fsp3) is 0.564. The summed E-state index contributed by atoms with van der Waals surface area (Å²) < 4.78 is 0. The number of likely N-dealkylation sites (tertiary alicyclic amines) is 1. The lowest BCUT2D eigenvalue weighted by Crippen LogP contribution is -2.57. The van der Waals surface area contributed by atoms with Gasteiger partial charge in [-0.25, -0.2) is 0 Å². The summed E-state index contributed by atoms with van der Waals surface area (Å²) in [5.74, 6) is -4.78. The van der Waals surface area contributed by atoms with E-state index in [4.69, 9.17) is 5.73 Å². The minimum atomic E-state index is -1.32. The van der Waals surface area contributed by atoms with Gasteiger partial charge < -0.3 is 27.0 Å². The zero-order valence-corrected chi connectivity index (χ0v) is 30.9. The maximum Gasteiger partial charge on any atom is 0.243 e. The van der Waals surface area contributed by atoms with Crippen molar-refractivity contribution in [1.82, 2.24) is 26.2 Å². The number of Topliss-reactive ketones (excluding diaryl/α,β-unsaturated/α-hetero) is 2. The fourth-order valence-electron chi connectivity index (χ4n) is 8.08. The monoisotopic (exact) mass is 745 g/mol. The Hall–Kier alpha value is -5.21. The molecule has 54 heavy (non-hydrogen) atoms. The molecule has 6 N–H and O–H groups in total. The fourth-order valence-corrected chi connectivity index (χ4v) is 8.08. The molecule has 6 amide bonds. The van der Waals surface area contributed by atoms with Gasteiger partial charge >= 0.3 is 0 Å². The molecule has 2 saturated heterocycles. The largest absolute Gasteiger partial charge is 0.388 e. The number of amidine groups is 1. The van der Waals surface area contributed by atoms with E-state index in [0.717, 1.165) is 6.42 Å². The first-order valence-corrected chi connectivity index (χ1v) is 18.9. The van der Waals surface area contributed by atoms with Gasteiger partial charge in [0.05, 0.1) is 30.3 Å². The number of amides is 6. The van der Waals surface area contributed by atoms with Crippen LogP contribution in [0.4, 0.5) is 0 Å². The zero-order valence-electron chi connectivity index (χ0n) is 30.9. The minimum absolute atomic E-state index is 0.0438. The number of aliphatic imine (C=N–C) groups is 1. The van der Waals surface area contributed by atoms with Crippen LogP contribution < -0.4 is 27.0 Å². The third-order valence-electron chi connectivity index (χ3n) is 10.8. The van der Waals surface area contributed by atoms with Crippen molar-refractivity contribution in [3.63, 3.8) is 0 Å². The topological polar surface area (TPSA) is 226 Å². The number of rotatable bonds is 13. The molecule has 0 spiro atoms. The number of hydrogen-bond donors (Lipinski definition) is 5. The molecular weight excluding hydrogens is 694 g/mol. The summed E-state index contributed by atoms with van der Waals surface area (Å²) >= 11 is 0. The summed E-state index contributed by atoms with van der Waals surface area (Å²) in [6.45, 7) is 2.90. The average molecular weight is 746 g/mol. The number of imide groups is 1. The van der Waals surface area contributed by atoms with Crippen molar-refractivity contribution in [3.05, 3.63) is 48.0 Å². The first-order chi connectivity index (χ1) is 25.8. The summed E-state index contributed by atoms with van der Waals surface area (Å²) in [7, 11) is 0. The number of nitrogens with zero attached hydrogens (tertiary/aromatic N) is 2. The number of nitrogens with one attached hydrogen (secondary N) is 4. The summed E-state index contributed by atoms with van der Waals surface area (Å²) in [5, 5.41) is 10.6. The molecule has 3 fully saturated rings. The van der Waals surface area contributed by atoms with Gasteiger partial charge in [-0.15, -0.1) is 0 Å². The van der Waals surface area contributed by atoms with E-state index >= 15 is 0 Å². The molecule has 5 rings (SSSR count). The lowest BCUT2D eigenvalue weighted by atomic mass is 9.85. The second kappa shape index (κ2) is 18.2. The lowest BCUT2D eigenvalue weighted by molar-refractivity contribution is -0.141. The van der Waals surface area contributed by atoms with Crippen molar-refractivity contribution >= 4 is 52.8 Å². The molecule has 5 unspecified atom stereocenters. The van der Waals surface area contributed by atoms with E-state index < -0.39 is 60.0 Å². The molecule has 0 aromatic heterocycles. The molecule has 1 saturated carbocycles. The standard InChI is InChI=1S/C39H51N7O8/c1-22(47)17-29-36(51)45-30(18-24-9-4-3-5-10-24)37(52)44-28(12-6-7-16-46-38(53)33-25-13-14-26(19-25)34(33)39(46)54)31(48)20-27(11-8-15-41-23(2)40)35(50)42-21-32(49)43-29/h3-5,9-10,13-14,25-30,33-34H,6-8,11-12,15-21H2,1-2H3,(H2,40,41)(H,42,50)(H,43,49)(H,44,52)(H,45,51)/t25?,26?,27-,28+,29?,30-,33?,34?/m1/s1. The van der Waals surface area contributed by atoms with Crippen molar-refractivity contribution in [2.75, 3.05) is 19.6 Å². The normalized spacial score (nSPS) is 29.3. The number of allylic oxidation sites excluding steroid dienone is 2. The number of fused-ring (bicyclic) bond motifs is 5. The van der Waals surface area contributed by atoms with Gasteiger partial charge in [0, 0.05) is 38.3 Å². The van der Waals surface area contributed by atoms with Gasteiger partial charge in [-0.2, -0.15) is 0 Å². The Morgan fingerprint density at radius 1 is 0.796 bits per heavy atom. The Bertz CT molecular complexity index is 1660. The van der Waals surface area contributed by atoms with Crippen molar-refractivity contribution in [1.29, 1.82) is 0 Å². The Balaban J connectivity index is 1.36. The molecule has 2 aliphatic carbocycles. The Kier molecular flexibility index (Phi) is 13.5. The van der Waals surface area contributed by atoms with Crippen LogP contribution in [0.5, 0.6) is 0 Å². The number of ketones is 2. The van der Waals surface area contributed by atoms with Crippen LogP contribution in [0.3, 0.4) is 0 Å². The second-order valence-corrected chi connectivity index (χ2v) is 14.9. The molecule has 4 aliphatic rings. The zero-order chi connectivity index (χ0) is 38.9. The quantitative estimate of drug-likeness (QED) is 0.0622. The highest BCUT2D eigenvalue weighted by molar-refractivity contribution is 6.06. The highest BCUT2D eigenvalue weighted by Crippen LogP contribution is 2.52. The number of hydrogen-bond acceptors (Lipinski definition) is 9. The van der Waals surface area contributed by atoms with Crippen molar-refractivity contribution in [2.45, 2.75) is 89.8 Å². The molecule has 0 radical (unpaired) electrons. The number of unbranched alkanes of at least 4 members (excludes halogenated alkanes) is 1. The van der Waals surface area contributed by atoms with Gasteiger partial charge in [-0.3, -0.25) is 48.2 Å². The molecule has 2 aliphatic heterocycles. The third kappa shape index (κ3) is 10.1. The number of carbonyl (C=O) groups excluding carboxylic acids is 8. The van der Waals surface area contributed by atoms with Crippen molar-refractivity contribution in [2.24, 2.45) is 40.3 Å². The van der Waals surface area contributed by atoms with Crippen LogP contribution in [0.15, 0.2) is 47.5 Å². The SMILES string of the molecule is CC(=O)CC1NC(=O)CNC(=O)[C@H](CCCN=C(C)N)CC(=O)[C@H](CCCCN2C(=O)C3C4C=CC(C4)C3C2=O)NC(=O)[C@@H](Cc2ccccc2)NC1=O. The molecule has 15 nitrogen and oxygen atoms in total. The third-order valence-corrected chi connectivity index (χ3v) is 10.8. The van der Waals surface area contributed by atoms with Gasteiger partial charge in [0.15, 0.2) is 5.78 Å². The lowest BCUT2D eigenvalue weighted by Gasteiger charge is -2.26. The van der Waals surface area contributed by atoms with Crippen LogP contribution in [0.1, 0.15) is 70.8 Å². The predicted octanol–water partition coefficient (Wildman–Crippen LogP) is 0.503. The van der Waals surface area contributed by atoms with E-state index in [-0.39, 0.29) is 79.9 Å².